The van der Waals surface area contributed by atoms with Gasteiger partial charge in [0.1, 0.15) is 6.04 Å². The number of amides is 1. The lowest BCUT2D eigenvalue weighted by Gasteiger charge is -2.16. The number of hydrogen-bond acceptors (Lipinski definition) is 4. The van der Waals surface area contributed by atoms with Crippen molar-refractivity contribution in [1.82, 2.24) is 4.98 Å². The van der Waals surface area contributed by atoms with Crippen LogP contribution in [-0.4, -0.2) is 16.9 Å². The van der Waals surface area contributed by atoms with E-state index in [0.717, 1.165) is 27.8 Å². The molecule has 1 amide bonds. The summed E-state index contributed by atoms with van der Waals surface area (Å²) in [6.45, 7) is 1.81. The minimum absolute atomic E-state index is 0.127. The van der Waals surface area contributed by atoms with Crippen LogP contribution in [0.15, 0.2) is 60.8 Å². The van der Waals surface area contributed by atoms with Crippen LogP contribution in [0.4, 0.5) is 11.4 Å². The van der Waals surface area contributed by atoms with E-state index in [0.29, 0.717) is 6.42 Å². The second-order valence-corrected chi connectivity index (χ2v) is 5.76. The first-order valence-electron chi connectivity index (χ1n) is 8.04. The zero-order chi connectivity index (χ0) is 17.6. The van der Waals surface area contributed by atoms with Crippen molar-refractivity contribution in [2.24, 2.45) is 0 Å². The first-order valence-corrected chi connectivity index (χ1v) is 8.04. The summed E-state index contributed by atoms with van der Waals surface area (Å²) in [5.74, 6) is -0.127. The summed E-state index contributed by atoms with van der Waals surface area (Å²) in [6, 6.07) is 18.7. The average Bonchev–Trinajstić information content (AvgIpc) is 2.64. The topological polar surface area (TPSA) is 77.8 Å². The van der Waals surface area contributed by atoms with Gasteiger partial charge in [-0.2, -0.15) is 5.26 Å². The largest absolute Gasteiger partial charge is 0.374 e. The van der Waals surface area contributed by atoms with Crippen LogP contribution >= 0.6 is 0 Å². The molecule has 124 valence electrons. The van der Waals surface area contributed by atoms with E-state index >= 15 is 0 Å². The molecule has 3 aromatic rings. The van der Waals surface area contributed by atoms with Gasteiger partial charge < -0.3 is 10.6 Å². The number of carbonyl (C=O) groups excluding carboxylic acids is 1. The quantitative estimate of drug-likeness (QED) is 0.747. The summed E-state index contributed by atoms with van der Waals surface area (Å²) < 4.78 is 0. The van der Waals surface area contributed by atoms with E-state index < -0.39 is 6.04 Å². The lowest BCUT2D eigenvalue weighted by molar-refractivity contribution is -0.116. The Kier molecular flexibility index (Phi) is 4.91. The van der Waals surface area contributed by atoms with E-state index in [2.05, 4.69) is 21.7 Å². The van der Waals surface area contributed by atoms with Gasteiger partial charge in [-0.05, 0) is 48.9 Å². The highest BCUT2D eigenvalue weighted by Crippen LogP contribution is 2.21. The summed E-state index contributed by atoms with van der Waals surface area (Å²) >= 11 is 0. The van der Waals surface area contributed by atoms with Crippen molar-refractivity contribution < 1.29 is 4.79 Å². The normalized spacial score (nSPS) is 11.5. The fraction of sp³-hybridized carbons (Fsp3) is 0.150. The molecule has 1 unspecified atom stereocenters. The number of nitriles is 1. The van der Waals surface area contributed by atoms with Crippen molar-refractivity contribution in [3.05, 3.63) is 66.4 Å². The molecule has 5 nitrogen and oxygen atoms in total. The summed E-state index contributed by atoms with van der Waals surface area (Å²) in [5.41, 5.74) is 3.37. The number of benzene rings is 2. The van der Waals surface area contributed by atoms with Crippen LogP contribution < -0.4 is 10.6 Å². The highest BCUT2D eigenvalue weighted by molar-refractivity contribution is 6.03. The molecule has 2 N–H and O–H groups in total. The van der Waals surface area contributed by atoms with Gasteiger partial charge in [-0.3, -0.25) is 9.78 Å². The molecule has 3 rings (SSSR count). The predicted octanol–water partition coefficient (Wildman–Crippen LogP) is 3.74. The molecular formula is C20H18N4O. The van der Waals surface area contributed by atoms with E-state index in [-0.39, 0.29) is 5.91 Å². The maximum absolute atomic E-state index is 12.5. The smallest absolute Gasteiger partial charge is 0.246 e. The Morgan fingerprint density at radius 3 is 2.72 bits per heavy atom. The zero-order valence-electron chi connectivity index (χ0n) is 13.9. The predicted molar refractivity (Wildman–Crippen MR) is 99.2 cm³/mol. The number of carbonyl (C=O) groups is 1. The number of pyridine rings is 1. The molecular weight excluding hydrogens is 312 g/mol. The van der Waals surface area contributed by atoms with Crippen molar-refractivity contribution in [3.8, 4) is 6.07 Å². The highest BCUT2D eigenvalue weighted by Gasteiger charge is 2.14. The summed E-state index contributed by atoms with van der Waals surface area (Å²) in [4.78, 5) is 16.8. The van der Waals surface area contributed by atoms with Crippen LogP contribution in [0, 0.1) is 11.3 Å². The molecule has 1 atom stereocenters. The Morgan fingerprint density at radius 1 is 1.16 bits per heavy atom. The first-order chi connectivity index (χ1) is 12.2. The minimum atomic E-state index is -0.409. The van der Waals surface area contributed by atoms with Gasteiger partial charge in [0.2, 0.25) is 5.91 Å². The number of nitrogens with one attached hydrogen (secondary N) is 2. The van der Waals surface area contributed by atoms with E-state index in [9.17, 15) is 4.79 Å². The SMILES string of the molecule is CC(Nc1ccc(CC#N)cc1)C(=O)Nc1cccc2ncccc12. The monoisotopic (exact) mass is 330 g/mol. The molecule has 0 spiro atoms. The molecule has 0 aliphatic heterocycles. The number of fused-ring (bicyclic) bond motifs is 1. The van der Waals surface area contributed by atoms with Crippen molar-refractivity contribution in [3.63, 3.8) is 0 Å². The van der Waals surface area contributed by atoms with Gasteiger partial charge >= 0.3 is 0 Å². The third-order valence-electron chi connectivity index (χ3n) is 3.92. The summed E-state index contributed by atoms with van der Waals surface area (Å²) in [6.07, 6.45) is 2.11. The number of rotatable bonds is 5. The Balaban J connectivity index is 1.69. The third kappa shape index (κ3) is 3.93. The highest BCUT2D eigenvalue weighted by atomic mass is 16.2. The molecule has 2 aromatic carbocycles. The van der Waals surface area contributed by atoms with E-state index in [4.69, 9.17) is 5.26 Å². The molecule has 25 heavy (non-hydrogen) atoms. The second-order valence-electron chi connectivity index (χ2n) is 5.76. The van der Waals surface area contributed by atoms with E-state index in [1.807, 2.05) is 61.5 Å². The van der Waals surface area contributed by atoms with Crippen LogP contribution in [0.3, 0.4) is 0 Å². The third-order valence-corrected chi connectivity index (χ3v) is 3.92. The fourth-order valence-corrected chi connectivity index (χ4v) is 2.58. The molecule has 1 heterocycles. The molecule has 0 bridgehead atoms. The van der Waals surface area contributed by atoms with Crippen LogP contribution in [0.5, 0.6) is 0 Å². The zero-order valence-corrected chi connectivity index (χ0v) is 13.9. The van der Waals surface area contributed by atoms with Gasteiger partial charge in [-0.25, -0.2) is 0 Å². The molecule has 0 radical (unpaired) electrons. The number of hydrogen-bond donors (Lipinski definition) is 2. The van der Waals surface area contributed by atoms with E-state index in [1.54, 1.807) is 6.20 Å². The van der Waals surface area contributed by atoms with Crippen molar-refractivity contribution in [2.75, 3.05) is 10.6 Å². The molecule has 0 aliphatic rings. The first kappa shape index (κ1) is 16.5. The maximum atomic E-state index is 12.5. The standard InChI is InChI=1S/C20H18N4O/c1-14(23-16-9-7-15(8-10-16)11-12-21)20(25)24-19-6-2-5-18-17(19)4-3-13-22-18/h2-10,13-14,23H,11H2,1H3,(H,24,25). The van der Waals surface area contributed by atoms with Crippen molar-refractivity contribution >= 4 is 28.2 Å². The number of aromatic nitrogens is 1. The van der Waals surface area contributed by atoms with Crippen LogP contribution in [0.25, 0.3) is 10.9 Å². The Bertz CT molecular complexity index is 923. The fourth-order valence-electron chi connectivity index (χ4n) is 2.58. The lowest BCUT2D eigenvalue weighted by Crippen LogP contribution is -2.31. The van der Waals surface area contributed by atoms with Crippen molar-refractivity contribution in [1.29, 1.82) is 5.26 Å². The van der Waals surface area contributed by atoms with Gasteiger partial charge in [-0.1, -0.05) is 18.2 Å². The molecule has 0 saturated heterocycles. The molecule has 0 saturated carbocycles. The maximum Gasteiger partial charge on any atom is 0.246 e. The van der Waals surface area contributed by atoms with Crippen molar-refractivity contribution in [2.45, 2.75) is 19.4 Å². The van der Waals surface area contributed by atoms with Gasteiger partial charge in [-0.15, -0.1) is 0 Å². The summed E-state index contributed by atoms with van der Waals surface area (Å²) in [7, 11) is 0. The van der Waals surface area contributed by atoms with Crippen LogP contribution in [0.1, 0.15) is 12.5 Å². The van der Waals surface area contributed by atoms with Gasteiger partial charge in [0.15, 0.2) is 0 Å². The van der Waals surface area contributed by atoms with Crippen LogP contribution in [-0.2, 0) is 11.2 Å². The van der Waals surface area contributed by atoms with Crippen LogP contribution in [0.2, 0.25) is 0 Å². The lowest BCUT2D eigenvalue weighted by atomic mass is 10.1. The van der Waals surface area contributed by atoms with Gasteiger partial charge in [0, 0.05) is 17.3 Å². The van der Waals surface area contributed by atoms with Gasteiger partial charge in [0.25, 0.3) is 0 Å². The van der Waals surface area contributed by atoms with E-state index in [1.165, 1.54) is 0 Å². The second kappa shape index (κ2) is 7.45. The Labute approximate surface area is 146 Å². The van der Waals surface area contributed by atoms with Gasteiger partial charge in [0.05, 0.1) is 23.7 Å². The molecule has 0 aliphatic carbocycles. The number of nitrogens with zero attached hydrogens (tertiary/aromatic N) is 2. The Hall–Kier alpha value is -3.39. The molecule has 5 heteroatoms. The molecule has 0 fully saturated rings. The number of anilines is 2. The summed E-state index contributed by atoms with van der Waals surface area (Å²) in [5, 5.41) is 15.7. The molecule has 1 aromatic heterocycles. The minimum Gasteiger partial charge on any atom is -0.374 e. The average molecular weight is 330 g/mol. The Morgan fingerprint density at radius 2 is 1.96 bits per heavy atom.